The fourth-order valence-corrected chi connectivity index (χ4v) is 8.39. The van der Waals surface area contributed by atoms with Gasteiger partial charge in [-0.25, -0.2) is 4.39 Å². The van der Waals surface area contributed by atoms with Crippen LogP contribution in [0.3, 0.4) is 0 Å². The van der Waals surface area contributed by atoms with Crippen LogP contribution in [-0.4, -0.2) is 93.1 Å². The van der Waals surface area contributed by atoms with Crippen LogP contribution >= 0.6 is 0 Å². The van der Waals surface area contributed by atoms with E-state index in [0.29, 0.717) is 49.0 Å². The number of nitrogens with one attached hydrogen (secondary N) is 3. The summed E-state index contributed by atoms with van der Waals surface area (Å²) in [5.41, 5.74) is 0.912. The van der Waals surface area contributed by atoms with Gasteiger partial charge in [-0.2, -0.15) is 5.10 Å². The lowest BCUT2D eigenvalue weighted by molar-refractivity contribution is -0.826. The number of anilines is 1. The van der Waals surface area contributed by atoms with Gasteiger partial charge in [-0.05, 0) is 49.4 Å². The van der Waals surface area contributed by atoms with Crippen molar-refractivity contribution in [2.75, 3.05) is 25.5 Å². The molecular weight excluding hydrogens is 589 g/mol. The van der Waals surface area contributed by atoms with Gasteiger partial charge in [0.25, 0.3) is 5.91 Å². The van der Waals surface area contributed by atoms with Crippen molar-refractivity contribution in [3.63, 3.8) is 0 Å². The minimum Gasteiger partial charge on any atom is -0.344 e. The van der Waals surface area contributed by atoms with Gasteiger partial charge in [0.15, 0.2) is 6.04 Å². The number of fused-ring (bicyclic) bond motifs is 1. The van der Waals surface area contributed by atoms with E-state index in [0.717, 1.165) is 43.0 Å². The minimum absolute atomic E-state index is 0.000669. The van der Waals surface area contributed by atoms with Crippen molar-refractivity contribution in [2.24, 2.45) is 5.92 Å². The molecule has 1 aliphatic carbocycles. The van der Waals surface area contributed by atoms with Gasteiger partial charge in [0, 0.05) is 38.4 Å². The molecule has 12 heteroatoms. The molecular formula is C34H47FN7O4+. The lowest BCUT2D eigenvalue weighted by atomic mass is 9.83. The molecule has 0 bridgehead atoms. The smallest absolute Gasteiger partial charge is 0.270 e. The maximum absolute atomic E-state index is 15.5. The number of nitrogens with zero attached hydrogens (tertiary/aromatic N) is 4. The summed E-state index contributed by atoms with van der Waals surface area (Å²) in [6.07, 6.45) is 8.86. The number of rotatable bonds is 11. The molecule has 4 heterocycles. The van der Waals surface area contributed by atoms with Crippen molar-refractivity contribution in [1.29, 1.82) is 0 Å². The highest BCUT2D eigenvalue weighted by molar-refractivity contribution is 6.00. The number of benzene rings is 1. The van der Waals surface area contributed by atoms with Crippen LogP contribution in [0.4, 0.5) is 10.1 Å². The number of amides is 4. The molecule has 0 spiro atoms. The van der Waals surface area contributed by atoms with E-state index in [4.69, 9.17) is 0 Å². The molecule has 0 radical (unpaired) electrons. The summed E-state index contributed by atoms with van der Waals surface area (Å²) in [7, 11) is 2.29. The predicted octanol–water partition coefficient (Wildman–Crippen LogP) is 3.00. The Morgan fingerprint density at radius 3 is 2.48 bits per heavy atom. The average molecular weight is 637 g/mol. The number of quaternary nitrogens is 1. The summed E-state index contributed by atoms with van der Waals surface area (Å²) in [6.45, 7) is 5.51. The number of piperazine rings is 1. The number of aryl methyl sites for hydroxylation is 1. The molecule has 6 atom stereocenters. The Hall–Kier alpha value is -3.80. The number of halogens is 1. The van der Waals surface area contributed by atoms with Crippen LogP contribution in [0.5, 0.6) is 0 Å². The predicted molar refractivity (Wildman–Crippen MR) is 170 cm³/mol. The second kappa shape index (κ2) is 13.1. The molecule has 3 N–H and O–H groups in total. The number of hydrogen-bond acceptors (Lipinski definition) is 5. The standard InChI is InChI=1S/C34H46FN7O4/c1-4-30(43)37-26(34(46)40-19-23-12-14-28-29(20-40)42(23,28)3)18-21-11-13-25(24(35)17-21)38-33(45)31(22-9-7-6-8-10-22)39-32(44)27-15-16-36-41(27)5-2/h11,13,15-17,22-23,26,28-29,31H,4-10,12,14,18-20H2,1-3H3,(H2-,37,38,39,43,44,45)/p+1/t23?,26?,28?,29?,31-,42?/m0/s1. The first-order chi connectivity index (χ1) is 22.1. The van der Waals surface area contributed by atoms with Crippen LogP contribution in [0.15, 0.2) is 30.5 Å². The SMILES string of the molecule is CCC(=O)NC(Cc1ccc(NC(=O)[C@@H](NC(=O)c2ccnn2CC)C2CCCCC2)c(F)c1)C(=O)N1CC2CCC3C(C1)[N+]23C. The average Bonchev–Trinajstić information content (AvgIpc) is 3.32. The molecule has 2 aromatic rings. The van der Waals surface area contributed by atoms with E-state index in [9.17, 15) is 19.2 Å². The lowest BCUT2D eigenvalue weighted by Crippen LogP contribution is -2.58. The Bertz CT molecular complexity index is 1490. The quantitative estimate of drug-likeness (QED) is 0.259. The van der Waals surface area contributed by atoms with Gasteiger partial charge in [0.05, 0.1) is 25.8 Å². The van der Waals surface area contributed by atoms with E-state index in [1.807, 2.05) is 11.8 Å². The van der Waals surface area contributed by atoms with Crippen LogP contribution in [0.25, 0.3) is 0 Å². The fraction of sp³-hybridized carbons (Fsp3) is 0.618. The maximum atomic E-state index is 15.5. The second-order valence-electron chi connectivity index (χ2n) is 13.7. The molecule has 1 aromatic carbocycles. The van der Waals surface area contributed by atoms with E-state index in [2.05, 4.69) is 28.1 Å². The van der Waals surface area contributed by atoms with Crippen molar-refractivity contribution >= 4 is 29.3 Å². The van der Waals surface area contributed by atoms with Gasteiger partial charge in [-0.3, -0.25) is 23.9 Å². The first kappa shape index (κ1) is 32.2. The van der Waals surface area contributed by atoms with E-state index >= 15 is 4.39 Å². The van der Waals surface area contributed by atoms with Crippen molar-refractivity contribution in [2.45, 2.75) is 108 Å². The Balaban J connectivity index is 1.14. The number of hydrogen-bond donors (Lipinski definition) is 3. The molecule has 1 saturated carbocycles. The number of carbonyl (C=O) groups excluding carboxylic acids is 4. The third-order valence-electron chi connectivity index (χ3n) is 11.1. The monoisotopic (exact) mass is 636 g/mol. The minimum atomic E-state index is -0.829. The first-order valence-corrected chi connectivity index (χ1v) is 17.0. The molecule has 248 valence electrons. The summed E-state index contributed by atoms with van der Waals surface area (Å²) in [5.74, 6) is -1.92. The number of likely N-dealkylation sites (N-methyl/N-ethyl adjacent to an activating group) is 1. The molecule has 11 nitrogen and oxygen atoms in total. The lowest BCUT2D eigenvalue weighted by Gasteiger charge is -2.37. The van der Waals surface area contributed by atoms with Gasteiger partial charge >= 0.3 is 0 Å². The largest absolute Gasteiger partial charge is 0.344 e. The third kappa shape index (κ3) is 6.15. The van der Waals surface area contributed by atoms with Crippen molar-refractivity contribution in [1.82, 2.24) is 25.3 Å². The topological polar surface area (TPSA) is 125 Å². The molecule has 3 aliphatic heterocycles. The van der Waals surface area contributed by atoms with Crippen molar-refractivity contribution in [3.05, 3.63) is 47.5 Å². The van der Waals surface area contributed by atoms with Crippen LogP contribution < -0.4 is 16.0 Å². The Kier molecular flexibility index (Phi) is 9.18. The Morgan fingerprint density at radius 2 is 1.78 bits per heavy atom. The van der Waals surface area contributed by atoms with E-state index in [-0.39, 0.29) is 36.3 Å². The summed E-state index contributed by atoms with van der Waals surface area (Å²) in [6, 6.07) is 6.01. The van der Waals surface area contributed by atoms with Gasteiger partial charge < -0.3 is 25.3 Å². The molecule has 5 unspecified atom stereocenters. The molecule has 4 aliphatic rings. The van der Waals surface area contributed by atoms with E-state index < -0.39 is 29.7 Å². The molecule has 3 saturated heterocycles. The summed E-state index contributed by atoms with van der Waals surface area (Å²) >= 11 is 0. The van der Waals surface area contributed by atoms with E-state index in [1.54, 1.807) is 29.9 Å². The highest BCUT2D eigenvalue weighted by Crippen LogP contribution is 2.53. The van der Waals surface area contributed by atoms with E-state index in [1.165, 1.54) is 18.6 Å². The third-order valence-corrected chi connectivity index (χ3v) is 11.1. The number of carbonyl (C=O) groups is 4. The summed E-state index contributed by atoms with van der Waals surface area (Å²) < 4.78 is 18.2. The second-order valence-corrected chi connectivity index (χ2v) is 13.7. The summed E-state index contributed by atoms with van der Waals surface area (Å²) in [5, 5.41) is 12.7. The molecule has 46 heavy (non-hydrogen) atoms. The van der Waals surface area contributed by atoms with Gasteiger partial charge in [0.2, 0.25) is 17.7 Å². The van der Waals surface area contributed by atoms with Crippen LogP contribution in [0.2, 0.25) is 0 Å². The van der Waals surface area contributed by atoms with Gasteiger partial charge in [-0.1, -0.05) is 32.3 Å². The normalized spacial score (nSPS) is 26.5. The highest BCUT2D eigenvalue weighted by atomic mass is 19.1. The van der Waals surface area contributed by atoms with Gasteiger partial charge in [0.1, 0.15) is 35.7 Å². The van der Waals surface area contributed by atoms with Crippen molar-refractivity contribution < 1.29 is 28.1 Å². The molecule has 4 fully saturated rings. The maximum Gasteiger partial charge on any atom is 0.270 e. The molecule has 4 amide bonds. The van der Waals surface area contributed by atoms with Gasteiger partial charge in [-0.15, -0.1) is 0 Å². The number of aromatic nitrogens is 2. The Labute approximate surface area is 269 Å². The zero-order chi connectivity index (χ0) is 32.6. The fourth-order valence-electron chi connectivity index (χ4n) is 8.39. The number of piperidine rings is 1. The summed E-state index contributed by atoms with van der Waals surface area (Å²) in [4.78, 5) is 54.8. The molecule has 1 aromatic heterocycles. The van der Waals surface area contributed by atoms with Crippen molar-refractivity contribution in [3.8, 4) is 0 Å². The first-order valence-electron chi connectivity index (χ1n) is 17.0. The zero-order valence-electron chi connectivity index (χ0n) is 27.1. The number of likely N-dealkylation sites (tertiary alicyclic amines) is 1. The van der Waals surface area contributed by atoms with Crippen LogP contribution in [0, 0.1) is 11.7 Å². The zero-order valence-corrected chi connectivity index (χ0v) is 27.1. The van der Waals surface area contributed by atoms with Crippen LogP contribution in [-0.2, 0) is 27.3 Å². The highest BCUT2D eigenvalue weighted by Gasteiger charge is 2.73. The Morgan fingerprint density at radius 1 is 1.00 bits per heavy atom. The van der Waals surface area contributed by atoms with Crippen LogP contribution in [0.1, 0.15) is 81.3 Å². The molecule has 6 rings (SSSR count).